The molecule has 0 unspecified atom stereocenters. The summed E-state index contributed by atoms with van der Waals surface area (Å²) in [5, 5.41) is 0. The van der Waals surface area contributed by atoms with Crippen molar-refractivity contribution >= 4 is 39.6 Å². The molecule has 0 aliphatic rings. The Morgan fingerprint density at radius 3 is 1.03 bits per heavy atom. The van der Waals surface area contributed by atoms with Gasteiger partial charge in [-0.15, -0.1) is 21.9 Å². The first-order chi connectivity index (χ1) is 30.8. The summed E-state index contributed by atoms with van der Waals surface area (Å²) in [5.41, 5.74) is -13.2. The van der Waals surface area contributed by atoms with Crippen molar-refractivity contribution in [1.82, 2.24) is 4.98 Å². The molecule has 0 spiro atoms. The number of ketones is 2. The van der Waals surface area contributed by atoms with E-state index in [1.54, 1.807) is 29.1 Å². The van der Waals surface area contributed by atoms with Crippen molar-refractivity contribution in [1.29, 1.82) is 0 Å². The summed E-state index contributed by atoms with van der Waals surface area (Å²) in [6.45, 7) is 4.13. The Bertz CT molecular complexity index is 2570. The van der Waals surface area contributed by atoms with Crippen LogP contribution in [0.2, 0.25) is 0 Å². The van der Waals surface area contributed by atoms with Crippen molar-refractivity contribution < 1.29 is 102 Å². The van der Waals surface area contributed by atoms with Crippen LogP contribution in [0.5, 0.6) is 0 Å². The molecule has 4 nitrogen and oxygen atoms in total. The zero-order valence-electron chi connectivity index (χ0n) is 32.5. The molecule has 0 aliphatic heterocycles. The number of carbonyl (C=O) groups is 2. The number of rotatable bonds is 10. The maximum Gasteiger partial charge on any atom is 0.267 e. The minimum absolute atomic E-state index is 0.0129. The maximum absolute atomic E-state index is 15.4. The second-order valence-electron chi connectivity index (χ2n) is 14.2. The van der Waals surface area contributed by atoms with E-state index in [0.29, 0.717) is 17.7 Å². The summed E-state index contributed by atoms with van der Waals surface area (Å²) in [5.74, 6) is -71.1. The van der Waals surface area contributed by atoms with Crippen LogP contribution >= 0.6 is 0 Å². The van der Waals surface area contributed by atoms with Crippen LogP contribution < -0.4 is 26.4 Å². The zero-order valence-corrected chi connectivity index (χ0v) is 32.5. The second-order valence-corrected chi connectivity index (χ2v) is 14.2. The van der Waals surface area contributed by atoms with E-state index in [1.165, 1.54) is 6.20 Å². The SMILES string of the molecule is CC(C)CC(=O)c1cncc[n+]1CC(=O)c1ccccc1.Fc1c(F)c(F)c([B-](c2c(F)c(F)c(F)c(F)c2F)(c2c(F)c(F)c(F)c(F)c2F)c2c(F)c(F)c(F)c(F)c2F)c(F)c1F. The number of nitrogens with zero attached hydrogens (tertiary/aromatic N) is 2. The van der Waals surface area contributed by atoms with Crippen LogP contribution in [0.15, 0.2) is 48.9 Å². The van der Waals surface area contributed by atoms with Gasteiger partial charge in [-0.2, -0.15) is 4.57 Å². The quantitative estimate of drug-likeness (QED) is 0.0347. The van der Waals surface area contributed by atoms with Gasteiger partial charge in [0, 0.05) is 12.0 Å². The molecule has 5 aromatic carbocycles. The first-order valence-corrected chi connectivity index (χ1v) is 18.0. The van der Waals surface area contributed by atoms with E-state index in [0.717, 1.165) is 0 Å². The number of carbonyl (C=O) groups excluding carboxylic acids is 2. The minimum Gasteiger partial charge on any atom is -0.287 e. The fourth-order valence-corrected chi connectivity index (χ4v) is 6.98. The fraction of sp³-hybridized carbons (Fsp3) is 0.122. The first-order valence-electron chi connectivity index (χ1n) is 18.0. The molecule has 0 saturated heterocycles. The summed E-state index contributed by atoms with van der Waals surface area (Å²) >= 11 is 0. The zero-order chi connectivity index (χ0) is 49.6. The molecule has 1 aromatic heterocycles. The van der Waals surface area contributed by atoms with Gasteiger partial charge >= 0.3 is 0 Å². The molecule has 0 radical (unpaired) electrons. The average molecular weight is 962 g/mol. The lowest BCUT2D eigenvalue weighted by Gasteiger charge is -2.44. The minimum atomic E-state index is -7.22. The number of aromatic nitrogens is 2. The first kappa shape index (κ1) is 50.2. The van der Waals surface area contributed by atoms with Gasteiger partial charge < -0.3 is 0 Å². The van der Waals surface area contributed by atoms with E-state index < -0.39 is 144 Å². The van der Waals surface area contributed by atoms with Crippen molar-refractivity contribution in [3.8, 4) is 0 Å². The van der Waals surface area contributed by atoms with E-state index >= 15 is 35.1 Å². The monoisotopic (exact) mass is 962 g/mol. The van der Waals surface area contributed by atoms with Gasteiger partial charge in [-0.05, 0) is 5.92 Å². The molecule has 1 heterocycles. The molecule has 0 saturated carbocycles. The third-order valence-electron chi connectivity index (χ3n) is 9.84. The molecule has 0 amide bonds. The third kappa shape index (κ3) is 8.22. The van der Waals surface area contributed by atoms with E-state index in [2.05, 4.69) is 4.98 Å². The Balaban J connectivity index is 0.000000324. The summed E-state index contributed by atoms with van der Waals surface area (Å²) in [6.07, 6.45) is -1.97. The van der Waals surface area contributed by atoms with Crippen molar-refractivity contribution in [2.75, 3.05) is 0 Å². The van der Waals surface area contributed by atoms with Crippen molar-refractivity contribution in [3.05, 3.63) is 177 Å². The van der Waals surface area contributed by atoms with E-state index in [1.807, 2.05) is 32.0 Å². The lowest BCUT2D eigenvalue weighted by atomic mass is 9.12. The highest BCUT2D eigenvalue weighted by atomic mass is 19.2. The Labute approximate surface area is 355 Å². The molecule has 6 aromatic rings. The lowest BCUT2D eigenvalue weighted by Crippen LogP contribution is -2.81. The molecule has 0 fully saturated rings. The highest BCUT2D eigenvalue weighted by Gasteiger charge is 2.52. The van der Waals surface area contributed by atoms with Gasteiger partial charge in [0.2, 0.25) is 18.1 Å². The predicted molar refractivity (Wildman–Crippen MR) is 188 cm³/mol. The van der Waals surface area contributed by atoms with Gasteiger partial charge in [0.15, 0.2) is 76.0 Å². The lowest BCUT2D eigenvalue weighted by molar-refractivity contribution is -0.685. The summed E-state index contributed by atoms with van der Waals surface area (Å²) in [7, 11) is 0. The van der Waals surface area contributed by atoms with Crippen LogP contribution in [0.1, 0.15) is 41.1 Å². The molecular weight excluding hydrogens is 943 g/mol. The van der Waals surface area contributed by atoms with Crippen LogP contribution in [0, 0.1) is 122 Å². The molecule has 66 heavy (non-hydrogen) atoms. The van der Waals surface area contributed by atoms with Gasteiger partial charge in [0.25, 0.3) is 5.69 Å². The normalized spacial score (nSPS) is 11.6. The van der Waals surface area contributed by atoms with Crippen molar-refractivity contribution in [2.45, 2.75) is 26.8 Å². The van der Waals surface area contributed by atoms with Crippen LogP contribution in [0.3, 0.4) is 0 Å². The number of benzene rings is 5. The Morgan fingerprint density at radius 2 is 0.742 bits per heavy atom. The second kappa shape index (κ2) is 19.0. The van der Waals surface area contributed by atoms with Gasteiger partial charge in [0.05, 0.1) is 6.20 Å². The maximum atomic E-state index is 15.4. The molecule has 0 atom stereocenters. The average Bonchev–Trinajstić information content (AvgIpc) is 3.29. The predicted octanol–water partition coefficient (Wildman–Crippen LogP) is 8.33. The molecule has 25 heteroatoms. The number of halogens is 20. The van der Waals surface area contributed by atoms with Crippen LogP contribution in [0.25, 0.3) is 0 Å². The fourth-order valence-electron chi connectivity index (χ4n) is 6.98. The summed E-state index contributed by atoms with van der Waals surface area (Å²) in [4.78, 5) is 28.5. The van der Waals surface area contributed by atoms with Gasteiger partial charge in [0.1, 0.15) is 58.9 Å². The van der Waals surface area contributed by atoms with E-state index in [9.17, 15) is 62.3 Å². The summed E-state index contributed by atoms with van der Waals surface area (Å²) in [6, 6.07) is 9.08. The molecule has 0 bridgehead atoms. The largest absolute Gasteiger partial charge is 0.287 e. The van der Waals surface area contributed by atoms with Gasteiger partial charge in [-0.3, -0.25) is 14.6 Å². The van der Waals surface area contributed by atoms with Gasteiger partial charge in [-0.25, -0.2) is 87.8 Å². The Kier molecular flexibility index (Phi) is 14.4. The topological polar surface area (TPSA) is 50.9 Å². The molecule has 348 valence electrons. The summed E-state index contributed by atoms with van der Waals surface area (Å²) < 4.78 is 296. The Morgan fingerprint density at radius 1 is 0.455 bits per heavy atom. The van der Waals surface area contributed by atoms with E-state index in [-0.39, 0.29) is 24.0 Å². The molecule has 6 rings (SSSR count). The van der Waals surface area contributed by atoms with Crippen molar-refractivity contribution in [3.63, 3.8) is 0 Å². The van der Waals surface area contributed by atoms with E-state index in [4.69, 9.17) is 0 Å². The molecule has 0 aliphatic carbocycles. The number of hydrogen-bond acceptors (Lipinski definition) is 3. The number of hydrogen-bond donors (Lipinski definition) is 0. The third-order valence-corrected chi connectivity index (χ3v) is 9.84. The smallest absolute Gasteiger partial charge is 0.267 e. The standard InChI is InChI=1S/C24BF20.C17H19N2O2/c26-5-1(6(27)14(35)21(42)13(5)34)25(2-7(28)15(36)22(43)16(37)8(2)29,3-9(30)17(38)23(44)18(39)10(3)31)4-11(32)19(40)24(45)20(41)12(4)33;1-13(2)10-16(20)15-11-18-8-9-19(15)12-17(21)14-6-4-3-5-7-14/h;3-9,11,13H,10,12H2,1-2H3/q-1;+1. The molecular formula is C41H19BF20N2O2. The number of Topliss-reactive ketones (excluding diaryl/α,β-unsaturated/α-hetero) is 2. The van der Waals surface area contributed by atoms with Crippen LogP contribution in [-0.2, 0) is 6.54 Å². The molecule has 0 N–H and O–H groups in total. The highest BCUT2D eigenvalue weighted by molar-refractivity contribution is 7.20. The highest BCUT2D eigenvalue weighted by Crippen LogP contribution is 2.31. The van der Waals surface area contributed by atoms with Gasteiger partial charge in [-0.1, -0.05) is 44.2 Å². The van der Waals surface area contributed by atoms with Crippen LogP contribution in [-0.4, -0.2) is 22.7 Å². The van der Waals surface area contributed by atoms with Crippen LogP contribution in [0.4, 0.5) is 87.8 Å². The Hall–Kier alpha value is -6.82. The van der Waals surface area contributed by atoms with Crippen molar-refractivity contribution in [2.24, 2.45) is 5.92 Å².